The Hall–Kier alpha value is -0.530. The van der Waals surface area contributed by atoms with Crippen LogP contribution in [0, 0.1) is 5.92 Å². The van der Waals surface area contributed by atoms with Crippen LogP contribution in [0.25, 0.3) is 0 Å². The Labute approximate surface area is 132 Å². The van der Waals surface area contributed by atoms with Crippen molar-refractivity contribution >= 4 is 5.97 Å². The summed E-state index contributed by atoms with van der Waals surface area (Å²) in [5.74, 6) is 0.116. The van der Waals surface area contributed by atoms with Gasteiger partial charge in [0.05, 0.1) is 0 Å². The largest absolute Gasteiger partial charge is 0.481 e. The molecule has 0 saturated carbocycles. The van der Waals surface area contributed by atoms with Crippen molar-refractivity contribution in [1.82, 2.24) is 0 Å². The predicted octanol–water partition coefficient (Wildman–Crippen LogP) is 6.58. The number of unbranched alkanes of at least 4 members (excludes halogenated alkanes) is 10. The summed E-state index contributed by atoms with van der Waals surface area (Å²) in [5, 5.41) is 8.58. The zero-order valence-electron chi connectivity index (χ0n) is 14.5. The lowest BCUT2D eigenvalue weighted by Crippen LogP contribution is -1.98. The van der Waals surface area contributed by atoms with E-state index in [9.17, 15) is 4.79 Å². The summed E-state index contributed by atoms with van der Waals surface area (Å²) in [6.07, 6.45) is 18.8. The van der Waals surface area contributed by atoms with Crippen LogP contribution >= 0.6 is 0 Å². The molecule has 126 valence electrons. The second-order valence-corrected chi connectivity index (χ2v) is 6.72. The fourth-order valence-electron chi connectivity index (χ4n) is 2.89. The van der Waals surface area contributed by atoms with Crippen molar-refractivity contribution in [3.8, 4) is 0 Å². The van der Waals surface area contributed by atoms with E-state index < -0.39 is 5.97 Å². The van der Waals surface area contributed by atoms with Gasteiger partial charge in [0.25, 0.3) is 0 Å². The third-order valence-electron chi connectivity index (χ3n) is 4.39. The first kappa shape index (κ1) is 20.5. The monoisotopic (exact) mass is 298 g/mol. The quantitative estimate of drug-likeness (QED) is 0.327. The van der Waals surface area contributed by atoms with Crippen LogP contribution in [0.5, 0.6) is 0 Å². The molecule has 0 rings (SSSR count). The Balaban J connectivity index is 3.14. The van der Waals surface area contributed by atoms with Crippen molar-refractivity contribution in [3.63, 3.8) is 0 Å². The zero-order chi connectivity index (χ0) is 15.8. The fourth-order valence-corrected chi connectivity index (χ4v) is 2.89. The number of aliphatic carboxylic acids is 1. The lowest BCUT2D eigenvalue weighted by Gasteiger charge is -2.10. The standard InChI is InChI=1S/C19H38O2/c1-3-4-5-6-7-8-9-10-11-12-15-18(2)16-13-14-17-19(20)21/h18H,3-17H2,1-2H3,(H,20,21). The van der Waals surface area contributed by atoms with Crippen LogP contribution in [0.1, 0.15) is 110 Å². The summed E-state index contributed by atoms with van der Waals surface area (Å²) in [6.45, 7) is 4.58. The van der Waals surface area contributed by atoms with E-state index in [2.05, 4.69) is 13.8 Å². The first-order chi connectivity index (χ1) is 10.2. The van der Waals surface area contributed by atoms with Gasteiger partial charge in [-0.1, -0.05) is 97.3 Å². The number of rotatable bonds is 16. The zero-order valence-corrected chi connectivity index (χ0v) is 14.5. The van der Waals surface area contributed by atoms with Gasteiger partial charge in [-0.15, -0.1) is 0 Å². The van der Waals surface area contributed by atoms with Gasteiger partial charge in [0.15, 0.2) is 0 Å². The van der Waals surface area contributed by atoms with Gasteiger partial charge in [-0.2, -0.15) is 0 Å². The Morgan fingerprint density at radius 3 is 1.67 bits per heavy atom. The van der Waals surface area contributed by atoms with E-state index in [4.69, 9.17) is 5.11 Å². The molecule has 0 heterocycles. The molecule has 0 fully saturated rings. The van der Waals surface area contributed by atoms with Crippen molar-refractivity contribution in [3.05, 3.63) is 0 Å². The smallest absolute Gasteiger partial charge is 0.303 e. The van der Waals surface area contributed by atoms with Crippen LogP contribution in [0.4, 0.5) is 0 Å². The number of carboxylic acid groups (broad SMARTS) is 1. The van der Waals surface area contributed by atoms with E-state index in [1.165, 1.54) is 77.0 Å². The van der Waals surface area contributed by atoms with Crippen LogP contribution in [0.15, 0.2) is 0 Å². The summed E-state index contributed by atoms with van der Waals surface area (Å²) in [6, 6.07) is 0. The van der Waals surface area contributed by atoms with Crippen LogP contribution in [0.2, 0.25) is 0 Å². The Kier molecular flexibility index (Phi) is 15.5. The third kappa shape index (κ3) is 17.4. The molecular formula is C19H38O2. The van der Waals surface area contributed by atoms with Crippen LogP contribution in [-0.4, -0.2) is 11.1 Å². The van der Waals surface area contributed by atoms with Crippen LogP contribution < -0.4 is 0 Å². The highest BCUT2D eigenvalue weighted by molar-refractivity contribution is 5.66. The highest BCUT2D eigenvalue weighted by Crippen LogP contribution is 2.18. The number of carbonyl (C=O) groups is 1. The molecule has 1 atom stereocenters. The molecule has 1 N–H and O–H groups in total. The maximum absolute atomic E-state index is 10.4. The third-order valence-corrected chi connectivity index (χ3v) is 4.39. The average Bonchev–Trinajstić information content (AvgIpc) is 2.45. The van der Waals surface area contributed by atoms with E-state index in [1.54, 1.807) is 0 Å². The van der Waals surface area contributed by atoms with Gasteiger partial charge in [-0.25, -0.2) is 0 Å². The van der Waals surface area contributed by atoms with Crippen molar-refractivity contribution in [2.24, 2.45) is 5.92 Å². The molecule has 21 heavy (non-hydrogen) atoms. The molecule has 0 aromatic rings. The Morgan fingerprint density at radius 1 is 0.762 bits per heavy atom. The van der Waals surface area contributed by atoms with E-state index in [1.807, 2.05) is 0 Å². The Morgan fingerprint density at radius 2 is 1.19 bits per heavy atom. The molecule has 1 unspecified atom stereocenters. The SMILES string of the molecule is CCCCCCCCCCCCC(C)CCCCC(=O)O. The van der Waals surface area contributed by atoms with Gasteiger partial charge >= 0.3 is 5.97 Å². The predicted molar refractivity (Wildman–Crippen MR) is 91.7 cm³/mol. The van der Waals surface area contributed by atoms with E-state index >= 15 is 0 Å². The molecule has 0 aliphatic rings. The number of carboxylic acids is 1. The molecular weight excluding hydrogens is 260 g/mol. The van der Waals surface area contributed by atoms with Gasteiger partial charge in [0, 0.05) is 6.42 Å². The summed E-state index contributed by atoms with van der Waals surface area (Å²) in [5.41, 5.74) is 0. The van der Waals surface area contributed by atoms with Gasteiger partial charge in [-0.3, -0.25) is 4.79 Å². The summed E-state index contributed by atoms with van der Waals surface area (Å²) in [4.78, 5) is 10.4. The van der Waals surface area contributed by atoms with E-state index in [0.29, 0.717) is 6.42 Å². The van der Waals surface area contributed by atoms with Crippen molar-refractivity contribution in [2.75, 3.05) is 0 Å². The minimum atomic E-state index is -0.655. The molecule has 0 amide bonds. The second-order valence-electron chi connectivity index (χ2n) is 6.72. The molecule has 2 heteroatoms. The van der Waals surface area contributed by atoms with Gasteiger partial charge in [0.1, 0.15) is 0 Å². The first-order valence-corrected chi connectivity index (χ1v) is 9.38. The first-order valence-electron chi connectivity index (χ1n) is 9.38. The van der Waals surface area contributed by atoms with Crippen LogP contribution in [-0.2, 0) is 4.79 Å². The maximum atomic E-state index is 10.4. The van der Waals surface area contributed by atoms with Gasteiger partial charge in [-0.05, 0) is 12.3 Å². The number of hydrogen-bond acceptors (Lipinski definition) is 1. The van der Waals surface area contributed by atoms with Crippen LogP contribution in [0.3, 0.4) is 0 Å². The average molecular weight is 299 g/mol. The van der Waals surface area contributed by atoms with Gasteiger partial charge in [0.2, 0.25) is 0 Å². The maximum Gasteiger partial charge on any atom is 0.303 e. The highest BCUT2D eigenvalue weighted by atomic mass is 16.4. The fraction of sp³-hybridized carbons (Fsp3) is 0.947. The van der Waals surface area contributed by atoms with Crippen molar-refractivity contribution in [1.29, 1.82) is 0 Å². The molecule has 0 bridgehead atoms. The molecule has 2 nitrogen and oxygen atoms in total. The number of hydrogen-bond donors (Lipinski definition) is 1. The summed E-state index contributed by atoms with van der Waals surface area (Å²) in [7, 11) is 0. The molecule has 0 saturated heterocycles. The summed E-state index contributed by atoms with van der Waals surface area (Å²) >= 11 is 0. The Bertz CT molecular complexity index is 226. The van der Waals surface area contributed by atoms with E-state index in [0.717, 1.165) is 18.8 Å². The normalized spacial score (nSPS) is 12.5. The van der Waals surface area contributed by atoms with Crippen molar-refractivity contribution in [2.45, 2.75) is 110 Å². The highest BCUT2D eigenvalue weighted by Gasteiger charge is 2.03. The summed E-state index contributed by atoms with van der Waals surface area (Å²) < 4.78 is 0. The molecule has 0 aliphatic heterocycles. The lowest BCUT2D eigenvalue weighted by molar-refractivity contribution is -0.137. The minimum Gasteiger partial charge on any atom is -0.481 e. The lowest BCUT2D eigenvalue weighted by atomic mass is 9.96. The molecule has 0 aliphatic carbocycles. The topological polar surface area (TPSA) is 37.3 Å². The van der Waals surface area contributed by atoms with E-state index in [-0.39, 0.29) is 0 Å². The molecule has 0 aromatic heterocycles. The molecule has 0 spiro atoms. The molecule has 0 aromatic carbocycles. The van der Waals surface area contributed by atoms with Crippen molar-refractivity contribution < 1.29 is 9.90 Å². The second kappa shape index (κ2) is 15.9. The van der Waals surface area contributed by atoms with Gasteiger partial charge < -0.3 is 5.11 Å². The minimum absolute atomic E-state index is 0.338. The molecule has 0 radical (unpaired) electrons.